The number of fused-ring (bicyclic) bond motifs is 1. The van der Waals surface area contributed by atoms with Gasteiger partial charge in [0.05, 0.1) is 15.7 Å². The number of hydrogen-bond donors (Lipinski definition) is 1. The lowest BCUT2D eigenvalue weighted by Crippen LogP contribution is -2.14. The van der Waals surface area contributed by atoms with E-state index in [0.29, 0.717) is 35.3 Å². The number of anilines is 1. The molecule has 5 nitrogen and oxygen atoms in total. The molecule has 0 saturated carbocycles. The molecule has 200 valence electrons. The van der Waals surface area contributed by atoms with E-state index in [0.717, 1.165) is 56.6 Å². The van der Waals surface area contributed by atoms with Gasteiger partial charge in [0.15, 0.2) is 11.5 Å². The topological polar surface area (TPSA) is 59.9 Å². The van der Waals surface area contributed by atoms with Crippen molar-refractivity contribution in [3.05, 3.63) is 102 Å². The third kappa shape index (κ3) is 6.83. The Kier molecular flexibility index (Phi) is 9.21. The minimum atomic E-state index is -0.108. The van der Waals surface area contributed by atoms with E-state index in [2.05, 4.69) is 27.9 Å². The van der Waals surface area contributed by atoms with Crippen LogP contribution in [0.25, 0.3) is 0 Å². The fraction of sp³-hybridized carbons (Fsp3) is 0.226. The second-order valence-electron chi connectivity index (χ2n) is 9.15. The minimum absolute atomic E-state index is 0.108. The van der Waals surface area contributed by atoms with Gasteiger partial charge in [0.2, 0.25) is 0 Å². The summed E-state index contributed by atoms with van der Waals surface area (Å²) >= 11 is 9.90. The standard InChI is InChI=1S/C31H28ClIN2O3S/c1-2-37-26-17-21(16-25(33)29(26)38-19-20-12-14-22(32)15-13-20)18-34-31-28(24-10-6-7-11-27(24)39-31)30(36)35-23-8-4-3-5-9-23/h3-5,8-9,12-18H,2,6-7,10-11,19H2,1H3,(H,35,36). The molecular formula is C31H28ClIN2O3S. The number of thiophene rings is 1. The smallest absolute Gasteiger partial charge is 0.259 e. The molecular weight excluding hydrogens is 643 g/mol. The maximum Gasteiger partial charge on any atom is 0.259 e. The highest BCUT2D eigenvalue weighted by Gasteiger charge is 2.25. The van der Waals surface area contributed by atoms with Crippen LogP contribution in [0, 0.1) is 3.57 Å². The normalized spacial score (nSPS) is 12.8. The summed E-state index contributed by atoms with van der Waals surface area (Å²) in [6, 6.07) is 21.1. The molecule has 1 aliphatic rings. The van der Waals surface area contributed by atoms with Crippen molar-refractivity contribution >= 4 is 68.3 Å². The average Bonchev–Trinajstić information content (AvgIpc) is 3.32. The predicted octanol–water partition coefficient (Wildman–Crippen LogP) is 8.87. The summed E-state index contributed by atoms with van der Waals surface area (Å²) in [6.45, 7) is 2.86. The number of carbonyl (C=O) groups is 1. The van der Waals surface area contributed by atoms with Crippen molar-refractivity contribution in [3.8, 4) is 11.5 Å². The molecule has 1 aliphatic carbocycles. The van der Waals surface area contributed by atoms with Gasteiger partial charge in [0.25, 0.3) is 5.91 Å². The molecule has 0 bridgehead atoms. The monoisotopic (exact) mass is 670 g/mol. The zero-order valence-corrected chi connectivity index (χ0v) is 25.2. The Bertz CT molecular complexity index is 1490. The van der Waals surface area contributed by atoms with Crippen molar-refractivity contribution in [2.24, 2.45) is 4.99 Å². The Morgan fingerprint density at radius 1 is 1.08 bits per heavy atom. The number of halogens is 2. The van der Waals surface area contributed by atoms with Gasteiger partial charge in [0, 0.05) is 21.8 Å². The molecule has 1 N–H and O–H groups in total. The zero-order chi connectivity index (χ0) is 27.2. The molecule has 1 heterocycles. The van der Waals surface area contributed by atoms with E-state index in [1.165, 1.54) is 4.88 Å². The molecule has 5 rings (SSSR count). The quantitative estimate of drug-likeness (QED) is 0.143. The minimum Gasteiger partial charge on any atom is -0.490 e. The molecule has 0 unspecified atom stereocenters. The zero-order valence-electron chi connectivity index (χ0n) is 21.5. The summed E-state index contributed by atoms with van der Waals surface area (Å²) in [4.78, 5) is 19.5. The third-order valence-corrected chi connectivity index (χ3v) is 8.62. The number of rotatable bonds is 9. The highest BCUT2D eigenvalue weighted by atomic mass is 127. The van der Waals surface area contributed by atoms with Gasteiger partial charge in [-0.2, -0.15) is 0 Å². The summed E-state index contributed by atoms with van der Waals surface area (Å²) in [5.74, 6) is 1.25. The number of aryl methyl sites for hydroxylation is 1. The van der Waals surface area contributed by atoms with Crippen LogP contribution in [-0.4, -0.2) is 18.7 Å². The van der Waals surface area contributed by atoms with E-state index < -0.39 is 0 Å². The summed E-state index contributed by atoms with van der Waals surface area (Å²) in [5, 5.41) is 4.49. The summed E-state index contributed by atoms with van der Waals surface area (Å²) in [6.07, 6.45) is 5.94. The van der Waals surface area contributed by atoms with Crippen molar-refractivity contribution in [2.75, 3.05) is 11.9 Å². The summed E-state index contributed by atoms with van der Waals surface area (Å²) in [7, 11) is 0. The fourth-order valence-electron chi connectivity index (χ4n) is 4.53. The van der Waals surface area contributed by atoms with Crippen LogP contribution in [0.2, 0.25) is 5.02 Å². The van der Waals surface area contributed by atoms with Crippen LogP contribution in [0.5, 0.6) is 11.5 Å². The van der Waals surface area contributed by atoms with E-state index in [-0.39, 0.29) is 5.91 Å². The number of amides is 1. The van der Waals surface area contributed by atoms with Crippen LogP contribution in [0.15, 0.2) is 71.7 Å². The molecule has 39 heavy (non-hydrogen) atoms. The number of nitrogens with zero attached hydrogens (tertiary/aromatic N) is 1. The van der Waals surface area contributed by atoms with Crippen molar-refractivity contribution in [1.29, 1.82) is 0 Å². The molecule has 1 amide bonds. The van der Waals surface area contributed by atoms with Gasteiger partial charge in [-0.15, -0.1) is 11.3 Å². The van der Waals surface area contributed by atoms with Crippen LogP contribution in [0.3, 0.4) is 0 Å². The van der Waals surface area contributed by atoms with E-state index >= 15 is 0 Å². The van der Waals surface area contributed by atoms with Crippen LogP contribution < -0.4 is 14.8 Å². The van der Waals surface area contributed by atoms with Gasteiger partial charge >= 0.3 is 0 Å². The molecule has 3 aromatic carbocycles. The van der Waals surface area contributed by atoms with Crippen LogP contribution in [0.1, 0.15) is 51.7 Å². The Balaban J connectivity index is 1.42. The first-order chi connectivity index (χ1) is 19.0. The lowest BCUT2D eigenvalue weighted by atomic mass is 9.95. The van der Waals surface area contributed by atoms with Gasteiger partial charge in [-0.3, -0.25) is 4.79 Å². The number of ether oxygens (including phenoxy) is 2. The number of nitrogens with one attached hydrogen (secondary N) is 1. The Morgan fingerprint density at radius 3 is 2.62 bits per heavy atom. The lowest BCUT2D eigenvalue weighted by molar-refractivity contribution is 0.102. The number of aliphatic imine (C=N–C) groups is 1. The van der Waals surface area contributed by atoms with Crippen LogP contribution in [-0.2, 0) is 19.4 Å². The second kappa shape index (κ2) is 13.0. The van der Waals surface area contributed by atoms with Crippen LogP contribution in [0.4, 0.5) is 10.7 Å². The Morgan fingerprint density at radius 2 is 1.85 bits per heavy atom. The molecule has 0 spiro atoms. The molecule has 0 atom stereocenters. The van der Waals surface area contributed by atoms with Crippen molar-refractivity contribution in [2.45, 2.75) is 39.2 Å². The third-order valence-electron chi connectivity index (χ3n) is 6.37. The van der Waals surface area contributed by atoms with Crippen LogP contribution >= 0.6 is 45.5 Å². The highest BCUT2D eigenvalue weighted by molar-refractivity contribution is 14.1. The maximum absolute atomic E-state index is 13.4. The fourth-order valence-corrected chi connectivity index (χ4v) is 6.66. The SMILES string of the molecule is CCOc1cc(C=Nc2sc3c(c2C(=O)Nc2ccccc2)CCCC3)cc(I)c1OCc1ccc(Cl)cc1. The molecule has 0 saturated heterocycles. The maximum atomic E-state index is 13.4. The number of hydrogen-bond acceptors (Lipinski definition) is 5. The Labute approximate surface area is 251 Å². The molecule has 1 aromatic heterocycles. The predicted molar refractivity (Wildman–Crippen MR) is 169 cm³/mol. The van der Waals surface area contributed by atoms with Gasteiger partial charge < -0.3 is 14.8 Å². The first-order valence-corrected chi connectivity index (χ1v) is 15.2. The molecule has 4 aromatic rings. The van der Waals surface area contributed by atoms with Crippen molar-refractivity contribution < 1.29 is 14.3 Å². The van der Waals surface area contributed by atoms with Gasteiger partial charge in [-0.1, -0.05) is 41.9 Å². The van der Waals surface area contributed by atoms with E-state index in [1.54, 1.807) is 11.3 Å². The molecule has 8 heteroatoms. The molecule has 0 radical (unpaired) electrons. The van der Waals surface area contributed by atoms with E-state index in [9.17, 15) is 4.79 Å². The van der Waals surface area contributed by atoms with Gasteiger partial charge in [-0.25, -0.2) is 4.99 Å². The molecule has 0 fully saturated rings. The van der Waals surface area contributed by atoms with Gasteiger partial charge in [-0.05, 0) is 108 Å². The van der Waals surface area contributed by atoms with Crippen molar-refractivity contribution in [1.82, 2.24) is 0 Å². The first-order valence-electron chi connectivity index (χ1n) is 12.9. The largest absolute Gasteiger partial charge is 0.490 e. The summed E-state index contributed by atoms with van der Waals surface area (Å²) in [5.41, 5.74) is 4.51. The first kappa shape index (κ1) is 27.7. The Hall–Kier alpha value is -2.88. The summed E-state index contributed by atoms with van der Waals surface area (Å²) < 4.78 is 13.0. The second-order valence-corrected chi connectivity index (χ2v) is 11.8. The number of para-hydroxylation sites is 1. The van der Waals surface area contributed by atoms with E-state index in [4.69, 9.17) is 26.1 Å². The number of benzene rings is 3. The highest BCUT2D eigenvalue weighted by Crippen LogP contribution is 2.41. The van der Waals surface area contributed by atoms with E-state index in [1.807, 2.05) is 79.9 Å². The number of carbonyl (C=O) groups excluding carboxylic acids is 1. The lowest BCUT2D eigenvalue weighted by Gasteiger charge is -2.15. The molecule has 0 aliphatic heterocycles. The van der Waals surface area contributed by atoms with Gasteiger partial charge in [0.1, 0.15) is 11.6 Å². The van der Waals surface area contributed by atoms with Crippen molar-refractivity contribution in [3.63, 3.8) is 0 Å². The average molecular weight is 671 g/mol.